The number of halogens is 1. The van der Waals surface area contributed by atoms with Crippen LogP contribution < -0.4 is 19.5 Å². The van der Waals surface area contributed by atoms with E-state index in [-0.39, 0.29) is 12.5 Å². The summed E-state index contributed by atoms with van der Waals surface area (Å²) in [6.45, 7) is 3.56. The number of rotatable bonds is 6. The van der Waals surface area contributed by atoms with Crippen LogP contribution in [0.5, 0.6) is 17.2 Å². The van der Waals surface area contributed by atoms with E-state index in [0.29, 0.717) is 42.0 Å². The molecule has 0 saturated heterocycles. The van der Waals surface area contributed by atoms with Crippen LogP contribution in [0.1, 0.15) is 24.5 Å². The molecule has 0 atom stereocenters. The van der Waals surface area contributed by atoms with Gasteiger partial charge in [-0.05, 0) is 41.8 Å². The SMILES string of the molecule is CCc1ccc(OCC(=O)NCc2cc(Cl)c3c(c2)OCCCO3)cc1. The van der Waals surface area contributed by atoms with E-state index < -0.39 is 0 Å². The van der Waals surface area contributed by atoms with Crippen molar-refractivity contribution in [2.75, 3.05) is 19.8 Å². The van der Waals surface area contributed by atoms with E-state index >= 15 is 0 Å². The van der Waals surface area contributed by atoms with Gasteiger partial charge in [-0.25, -0.2) is 0 Å². The van der Waals surface area contributed by atoms with Crippen molar-refractivity contribution in [3.8, 4) is 17.2 Å². The number of carbonyl (C=O) groups is 1. The molecule has 5 nitrogen and oxygen atoms in total. The summed E-state index contributed by atoms with van der Waals surface area (Å²) < 4.78 is 16.8. The van der Waals surface area contributed by atoms with Crippen molar-refractivity contribution in [2.24, 2.45) is 0 Å². The molecular formula is C20H22ClNO4. The highest BCUT2D eigenvalue weighted by Crippen LogP contribution is 2.37. The Morgan fingerprint density at radius 2 is 1.92 bits per heavy atom. The molecule has 2 aromatic rings. The summed E-state index contributed by atoms with van der Waals surface area (Å²) in [6, 6.07) is 11.3. The Bertz CT molecular complexity index is 761. The molecule has 0 aromatic heterocycles. The number of fused-ring (bicyclic) bond motifs is 1. The van der Waals surface area contributed by atoms with Gasteiger partial charge in [-0.3, -0.25) is 4.79 Å². The molecule has 138 valence electrons. The lowest BCUT2D eigenvalue weighted by atomic mass is 10.2. The van der Waals surface area contributed by atoms with E-state index in [1.165, 1.54) is 5.56 Å². The summed E-state index contributed by atoms with van der Waals surface area (Å²) in [5, 5.41) is 3.31. The lowest BCUT2D eigenvalue weighted by Crippen LogP contribution is -2.28. The zero-order valence-electron chi connectivity index (χ0n) is 14.7. The summed E-state index contributed by atoms with van der Waals surface area (Å²) in [4.78, 5) is 12.0. The normalized spacial score (nSPS) is 13.0. The predicted octanol–water partition coefficient (Wildman–Crippen LogP) is 3.76. The molecule has 0 radical (unpaired) electrons. The molecular weight excluding hydrogens is 354 g/mol. The first-order valence-corrected chi connectivity index (χ1v) is 9.10. The van der Waals surface area contributed by atoms with Crippen LogP contribution in [0, 0.1) is 0 Å². The molecule has 0 bridgehead atoms. The number of carbonyl (C=O) groups excluding carboxylic acids is 1. The van der Waals surface area contributed by atoms with Crippen LogP contribution >= 0.6 is 11.6 Å². The second kappa shape index (κ2) is 8.81. The van der Waals surface area contributed by atoms with Crippen LogP contribution in [0.25, 0.3) is 0 Å². The Morgan fingerprint density at radius 3 is 2.69 bits per heavy atom. The molecule has 3 rings (SSSR count). The average molecular weight is 376 g/mol. The second-order valence-electron chi connectivity index (χ2n) is 6.02. The summed E-state index contributed by atoms with van der Waals surface area (Å²) in [5.74, 6) is 1.66. The van der Waals surface area contributed by atoms with E-state index in [4.69, 9.17) is 25.8 Å². The lowest BCUT2D eigenvalue weighted by molar-refractivity contribution is -0.123. The highest BCUT2D eigenvalue weighted by atomic mass is 35.5. The van der Waals surface area contributed by atoms with E-state index in [2.05, 4.69) is 12.2 Å². The predicted molar refractivity (Wildman–Crippen MR) is 100 cm³/mol. The molecule has 1 amide bonds. The Balaban J connectivity index is 1.52. The minimum Gasteiger partial charge on any atom is -0.489 e. The van der Waals surface area contributed by atoms with Crippen molar-refractivity contribution in [2.45, 2.75) is 26.3 Å². The van der Waals surface area contributed by atoms with E-state index in [1.807, 2.05) is 30.3 Å². The minimum absolute atomic E-state index is 0.0379. The van der Waals surface area contributed by atoms with Gasteiger partial charge in [0, 0.05) is 13.0 Å². The van der Waals surface area contributed by atoms with Gasteiger partial charge in [0.25, 0.3) is 5.91 Å². The number of nitrogens with one attached hydrogen (secondary N) is 1. The molecule has 0 fully saturated rings. The van der Waals surface area contributed by atoms with Crippen molar-refractivity contribution in [1.82, 2.24) is 5.32 Å². The topological polar surface area (TPSA) is 56.8 Å². The van der Waals surface area contributed by atoms with Crippen molar-refractivity contribution >= 4 is 17.5 Å². The molecule has 1 heterocycles. The first kappa shape index (κ1) is 18.4. The van der Waals surface area contributed by atoms with Gasteiger partial charge in [0.15, 0.2) is 18.1 Å². The third-order valence-electron chi connectivity index (χ3n) is 4.05. The molecule has 0 spiro atoms. The number of amides is 1. The molecule has 1 N–H and O–H groups in total. The van der Waals surface area contributed by atoms with Gasteiger partial charge in [0.1, 0.15) is 5.75 Å². The zero-order valence-corrected chi connectivity index (χ0v) is 15.5. The zero-order chi connectivity index (χ0) is 18.4. The van der Waals surface area contributed by atoms with Crippen LogP contribution in [0.4, 0.5) is 0 Å². The molecule has 0 saturated carbocycles. The van der Waals surface area contributed by atoms with E-state index in [1.54, 1.807) is 6.07 Å². The average Bonchev–Trinajstić information content (AvgIpc) is 2.91. The van der Waals surface area contributed by atoms with Crippen molar-refractivity contribution in [3.63, 3.8) is 0 Å². The van der Waals surface area contributed by atoms with Crippen molar-refractivity contribution in [1.29, 1.82) is 0 Å². The maximum Gasteiger partial charge on any atom is 0.258 e. The molecule has 1 aliphatic heterocycles. The fourth-order valence-electron chi connectivity index (χ4n) is 2.61. The number of hydrogen-bond acceptors (Lipinski definition) is 4. The highest BCUT2D eigenvalue weighted by molar-refractivity contribution is 6.32. The summed E-state index contributed by atoms with van der Waals surface area (Å²) >= 11 is 6.26. The Morgan fingerprint density at radius 1 is 1.15 bits per heavy atom. The fraction of sp³-hybridized carbons (Fsp3) is 0.350. The third kappa shape index (κ3) is 4.82. The highest BCUT2D eigenvalue weighted by Gasteiger charge is 2.16. The summed E-state index contributed by atoms with van der Waals surface area (Å²) in [7, 11) is 0. The molecule has 1 aliphatic rings. The Labute approximate surface area is 158 Å². The quantitative estimate of drug-likeness (QED) is 0.835. The largest absolute Gasteiger partial charge is 0.489 e. The van der Waals surface area contributed by atoms with Gasteiger partial charge in [-0.2, -0.15) is 0 Å². The lowest BCUT2D eigenvalue weighted by Gasteiger charge is -2.12. The van der Waals surface area contributed by atoms with Gasteiger partial charge in [0.05, 0.1) is 18.2 Å². The summed E-state index contributed by atoms with van der Waals surface area (Å²) in [5.41, 5.74) is 2.08. The van der Waals surface area contributed by atoms with Crippen LogP contribution in [-0.2, 0) is 17.8 Å². The number of aryl methyl sites for hydroxylation is 1. The standard InChI is InChI=1S/C20H22ClNO4/c1-2-14-4-6-16(7-5-14)26-13-19(23)22-12-15-10-17(21)20-18(11-15)24-8-3-9-25-20/h4-7,10-11H,2-3,8-9,12-13H2,1H3,(H,22,23). The van der Waals surface area contributed by atoms with Crippen LogP contribution in [-0.4, -0.2) is 25.7 Å². The van der Waals surface area contributed by atoms with Gasteiger partial charge in [-0.1, -0.05) is 30.7 Å². The third-order valence-corrected chi connectivity index (χ3v) is 4.33. The molecule has 6 heteroatoms. The van der Waals surface area contributed by atoms with Crippen molar-refractivity contribution < 1.29 is 19.0 Å². The van der Waals surface area contributed by atoms with Gasteiger partial charge < -0.3 is 19.5 Å². The molecule has 0 unspecified atom stereocenters. The van der Waals surface area contributed by atoms with Gasteiger partial charge >= 0.3 is 0 Å². The van der Waals surface area contributed by atoms with Crippen molar-refractivity contribution in [3.05, 3.63) is 52.5 Å². The molecule has 2 aromatic carbocycles. The van der Waals surface area contributed by atoms with E-state index in [0.717, 1.165) is 18.4 Å². The Kier molecular flexibility index (Phi) is 6.23. The first-order chi connectivity index (χ1) is 12.7. The number of benzene rings is 2. The monoisotopic (exact) mass is 375 g/mol. The smallest absolute Gasteiger partial charge is 0.258 e. The van der Waals surface area contributed by atoms with Crippen LogP contribution in [0.15, 0.2) is 36.4 Å². The maximum absolute atomic E-state index is 12.0. The van der Waals surface area contributed by atoms with Gasteiger partial charge in [-0.15, -0.1) is 0 Å². The number of ether oxygens (including phenoxy) is 3. The maximum atomic E-state index is 12.0. The van der Waals surface area contributed by atoms with Crippen LogP contribution in [0.3, 0.4) is 0 Å². The first-order valence-electron chi connectivity index (χ1n) is 8.72. The second-order valence-corrected chi connectivity index (χ2v) is 6.43. The van der Waals surface area contributed by atoms with Crippen LogP contribution in [0.2, 0.25) is 5.02 Å². The molecule has 0 aliphatic carbocycles. The number of hydrogen-bond donors (Lipinski definition) is 1. The minimum atomic E-state index is -0.201. The molecule has 26 heavy (non-hydrogen) atoms. The Hall–Kier alpha value is -2.40. The van der Waals surface area contributed by atoms with Gasteiger partial charge in [0.2, 0.25) is 0 Å². The fourth-order valence-corrected chi connectivity index (χ4v) is 2.90. The van der Waals surface area contributed by atoms with E-state index in [9.17, 15) is 4.79 Å². The summed E-state index contributed by atoms with van der Waals surface area (Å²) in [6.07, 6.45) is 1.78.